The highest BCUT2D eigenvalue weighted by Crippen LogP contribution is 2.22. The molecule has 1 aliphatic heterocycles. The third-order valence-electron chi connectivity index (χ3n) is 5.13. The Hall–Kier alpha value is -3.73. The van der Waals surface area contributed by atoms with Gasteiger partial charge in [0.05, 0.1) is 12.0 Å². The minimum Gasteiger partial charge on any atom is -0.497 e. The molecule has 0 unspecified atom stereocenters. The molecule has 1 fully saturated rings. The number of carbonyl (C=O) groups excluding carboxylic acids is 2. The third-order valence-corrected chi connectivity index (χ3v) is 5.13. The van der Waals surface area contributed by atoms with Gasteiger partial charge in [0.15, 0.2) is 0 Å². The van der Waals surface area contributed by atoms with Crippen LogP contribution in [0.5, 0.6) is 5.75 Å². The number of nitro benzene ring substituents is 1. The number of nitrogens with one attached hydrogen (secondary N) is 2. The van der Waals surface area contributed by atoms with Crippen LogP contribution in [0.4, 0.5) is 21.5 Å². The van der Waals surface area contributed by atoms with E-state index in [1.807, 2.05) is 24.3 Å². The molecule has 3 rings (SSSR count). The molecule has 10 nitrogen and oxygen atoms in total. The number of benzene rings is 2. The standard InChI is InChI=1S/C21H24FN5O5/c1-32-17-5-3-16(4-6-17)26-12-10-25(11-13-26)9-8-23-20(28)21(29)24-15-2-7-18(22)19(14-15)27(30)31/h2-7,14H,8-13H2,1H3,(H,23,28)(H,24,29). The largest absolute Gasteiger partial charge is 0.497 e. The van der Waals surface area contributed by atoms with E-state index >= 15 is 0 Å². The van der Waals surface area contributed by atoms with Crippen molar-refractivity contribution in [1.29, 1.82) is 0 Å². The van der Waals surface area contributed by atoms with Gasteiger partial charge >= 0.3 is 17.5 Å². The normalized spacial score (nSPS) is 14.0. The van der Waals surface area contributed by atoms with Crippen molar-refractivity contribution in [2.45, 2.75) is 0 Å². The van der Waals surface area contributed by atoms with Gasteiger partial charge in [-0.2, -0.15) is 4.39 Å². The molecule has 1 saturated heterocycles. The van der Waals surface area contributed by atoms with Crippen molar-refractivity contribution in [2.75, 3.05) is 56.6 Å². The number of carbonyl (C=O) groups is 2. The Morgan fingerprint density at radius 1 is 1.09 bits per heavy atom. The van der Waals surface area contributed by atoms with Gasteiger partial charge in [0.25, 0.3) is 0 Å². The summed E-state index contributed by atoms with van der Waals surface area (Å²) in [5.41, 5.74) is 0.307. The molecule has 2 amide bonds. The van der Waals surface area contributed by atoms with Crippen LogP contribution in [0.1, 0.15) is 0 Å². The van der Waals surface area contributed by atoms with Gasteiger partial charge in [0.1, 0.15) is 5.75 Å². The number of anilines is 2. The molecule has 0 atom stereocenters. The van der Waals surface area contributed by atoms with Crippen LogP contribution in [0.2, 0.25) is 0 Å². The van der Waals surface area contributed by atoms with Gasteiger partial charge in [-0.05, 0) is 36.4 Å². The first kappa shape index (κ1) is 22.9. The van der Waals surface area contributed by atoms with Crippen LogP contribution in [0.3, 0.4) is 0 Å². The average molecular weight is 445 g/mol. The van der Waals surface area contributed by atoms with Gasteiger partial charge in [0.2, 0.25) is 5.82 Å². The number of halogens is 1. The molecule has 2 aromatic rings. The lowest BCUT2D eigenvalue weighted by molar-refractivity contribution is -0.387. The van der Waals surface area contributed by atoms with Crippen molar-refractivity contribution in [2.24, 2.45) is 0 Å². The zero-order valence-corrected chi connectivity index (χ0v) is 17.5. The Morgan fingerprint density at radius 3 is 2.41 bits per heavy atom. The number of rotatable bonds is 7. The SMILES string of the molecule is COc1ccc(N2CCN(CCNC(=O)C(=O)Nc3ccc(F)c([N+](=O)[O-])c3)CC2)cc1. The first-order chi connectivity index (χ1) is 15.4. The topological polar surface area (TPSA) is 117 Å². The van der Waals surface area contributed by atoms with E-state index in [1.54, 1.807) is 7.11 Å². The van der Waals surface area contributed by atoms with Crippen LogP contribution in [0.25, 0.3) is 0 Å². The summed E-state index contributed by atoms with van der Waals surface area (Å²) in [6, 6.07) is 10.8. The fourth-order valence-electron chi connectivity index (χ4n) is 3.35. The molecule has 0 saturated carbocycles. The third kappa shape index (κ3) is 5.91. The van der Waals surface area contributed by atoms with Crippen molar-refractivity contribution in [3.05, 3.63) is 58.4 Å². The number of amides is 2. The molecular weight excluding hydrogens is 421 g/mol. The molecule has 32 heavy (non-hydrogen) atoms. The Balaban J connectivity index is 1.40. The van der Waals surface area contributed by atoms with E-state index in [1.165, 1.54) is 0 Å². The highest BCUT2D eigenvalue weighted by Gasteiger charge is 2.20. The van der Waals surface area contributed by atoms with Gasteiger partial charge in [0, 0.05) is 56.7 Å². The Bertz CT molecular complexity index is 977. The van der Waals surface area contributed by atoms with E-state index in [9.17, 15) is 24.1 Å². The number of nitro groups is 1. The smallest absolute Gasteiger partial charge is 0.313 e. The van der Waals surface area contributed by atoms with Crippen LogP contribution < -0.4 is 20.3 Å². The van der Waals surface area contributed by atoms with Gasteiger partial charge in [-0.15, -0.1) is 0 Å². The van der Waals surface area contributed by atoms with Crippen molar-refractivity contribution < 1.29 is 23.6 Å². The second-order valence-electron chi connectivity index (χ2n) is 7.16. The maximum Gasteiger partial charge on any atom is 0.313 e. The Labute approximate surface area is 184 Å². The van der Waals surface area contributed by atoms with Crippen LogP contribution >= 0.6 is 0 Å². The summed E-state index contributed by atoms with van der Waals surface area (Å²) in [6.07, 6.45) is 0. The number of nitrogens with zero attached hydrogens (tertiary/aromatic N) is 3. The van der Waals surface area contributed by atoms with E-state index < -0.39 is 28.2 Å². The molecule has 1 aliphatic rings. The molecule has 0 bridgehead atoms. The average Bonchev–Trinajstić information content (AvgIpc) is 2.80. The highest BCUT2D eigenvalue weighted by atomic mass is 19.1. The van der Waals surface area contributed by atoms with Crippen LogP contribution in [0, 0.1) is 15.9 Å². The first-order valence-corrected chi connectivity index (χ1v) is 10.0. The predicted molar refractivity (Wildman–Crippen MR) is 116 cm³/mol. The highest BCUT2D eigenvalue weighted by molar-refractivity contribution is 6.39. The van der Waals surface area contributed by atoms with E-state index in [4.69, 9.17) is 4.74 Å². The number of piperazine rings is 1. The molecule has 1 heterocycles. The summed E-state index contributed by atoms with van der Waals surface area (Å²) in [5, 5.41) is 15.5. The molecule has 0 spiro atoms. The van der Waals surface area contributed by atoms with Crippen LogP contribution in [-0.4, -0.2) is 68.0 Å². The fourth-order valence-corrected chi connectivity index (χ4v) is 3.35. The summed E-state index contributed by atoms with van der Waals surface area (Å²) in [7, 11) is 1.63. The number of ether oxygens (including phenoxy) is 1. The summed E-state index contributed by atoms with van der Waals surface area (Å²) >= 11 is 0. The number of hydrogen-bond acceptors (Lipinski definition) is 7. The molecular formula is C21H24FN5O5. The Morgan fingerprint density at radius 2 is 1.78 bits per heavy atom. The zero-order valence-electron chi connectivity index (χ0n) is 17.5. The van der Waals surface area contributed by atoms with Gasteiger partial charge < -0.3 is 20.3 Å². The second-order valence-corrected chi connectivity index (χ2v) is 7.16. The van der Waals surface area contributed by atoms with E-state index in [0.29, 0.717) is 6.54 Å². The quantitative estimate of drug-likeness (QED) is 0.378. The lowest BCUT2D eigenvalue weighted by atomic mass is 10.2. The van der Waals surface area contributed by atoms with Crippen molar-refractivity contribution in [3.8, 4) is 5.75 Å². The lowest BCUT2D eigenvalue weighted by Gasteiger charge is -2.36. The molecule has 2 aromatic carbocycles. The van der Waals surface area contributed by atoms with E-state index in [-0.39, 0.29) is 12.2 Å². The number of hydrogen-bond donors (Lipinski definition) is 2. The molecule has 11 heteroatoms. The summed E-state index contributed by atoms with van der Waals surface area (Å²) in [4.78, 5) is 38.3. The maximum atomic E-state index is 13.4. The van der Waals surface area contributed by atoms with Gasteiger partial charge in [-0.25, -0.2) is 0 Å². The van der Waals surface area contributed by atoms with Crippen molar-refractivity contribution >= 4 is 28.9 Å². The van der Waals surface area contributed by atoms with Crippen molar-refractivity contribution in [1.82, 2.24) is 10.2 Å². The summed E-state index contributed by atoms with van der Waals surface area (Å²) in [5.74, 6) is -2.06. The van der Waals surface area contributed by atoms with Gasteiger partial charge in [-0.3, -0.25) is 24.6 Å². The molecule has 170 valence electrons. The monoisotopic (exact) mass is 445 g/mol. The molecule has 0 aromatic heterocycles. The second kappa shape index (κ2) is 10.5. The van der Waals surface area contributed by atoms with Crippen LogP contribution in [0.15, 0.2) is 42.5 Å². The molecule has 0 aliphatic carbocycles. The molecule has 0 radical (unpaired) electrons. The summed E-state index contributed by atoms with van der Waals surface area (Å²) in [6.45, 7) is 4.16. The van der Waals surface area contributed by atoms with Gasteiger partial charge in [-0.1, -0.05) is 0 Å². The maximum absolute atomic E-state index is 13.4. The minimum absolute atomic E-state index is 0.0343. The number of methoxy groups -OCH3 is 1. The van der Waals surface area contributed by atoms with E-state index in [0.717, 1.165) is 55.8 Å². The lowest BCUT2D eigenvalue weighted by Crippen LogP contribution is -2.49. The predicted octanol–water partition coefficient (Wildman–Crippen LogP) is 1.62. The first-order valence-electron chi connectivity index (χ1n) is 10.0. The fraction of sp³-hybridized carbons (Fsp3) is 0.333. The Kier molecular flexibility index (Phi) is 7.55. The minimum atomic E-state index is -1.02. The zero-order chi connectivity index (χ0) is 23.1. The molecule has 2 N–H and O–H groups in total. The van der Waals surface area contributed by atoms with Crippen LogP contribution in [-0.2, 0) is 9.59 Å². The summed E-state index contributed by atoms with van der Waals surface area (Å²) < 4.78 is 18.5. The van der Waals surface area contributed by atoms with E-state index in [2.05, 4.69) is 20.4 Å². The van der Waals surface area contributed by atoms with Crippen molar-refractivity contribution in [3.63, 3.8) is 0 Å².